The number of hydrogen-bond acceptors (Lipinski definition) is 16. The molecule has 0 radical (unpaired) electrons. The number of carbonyl (C=O) groups excluding carboxylic acids is 1. The zero-order valence-electron chi connectivity index (χ0n) is 27.1. The van der Waals surface area contributed by atoms with Gasteiger partial charge in [0.25, 0.3) is 0 Å². The lowest BCUT2D eigenvalue weighted by Gasteiger charge is -2.39. The highest BCUT2D eigenvalue weighted by Gasteiger charge is 2.45. The summed E-state index contributed by atoms with van der Waals surface area (Å²) in [7, 11) is 0. The molecule has 0 aliphatic carbocycles. The Morgan fingerprint density at radius 3 is 2.20 bits per heavy atom. The van der Waals surface area contributed by atoms with E-state index in [-0.39, 0.29) is 34.8 Å². The Balaban J connectivity index is 1.35. The minimum atomic E-state index is -1.55. The van der Waals surface area contributed by atoms with Gasteiger partial charge in [-0.3, -0.25) is 0 Å². The number of fused-ring (bicyclic) bond motifs is 1. The lowest BCUT2D eigenvalue weighted by atomic mass is 9.90. The van der Waals surface area contributed by atoms with Crippen LogP contribution in [-0.4, -0.2) is 104 Å². The second-order valence-electron chi connectivity index (χ2n) is 11.2. The standard InChI is InChI=1S/C33H37FN4O13/c34-20-9-19(10-22(39)13-20)33(45)51-32-30(18-11-25(42)29(44)26(43)12-18)50-27-15-23(40)14-24(41)28(27)31(32)49-17-21-16-38(37-36-21)2-4-47-6-8-48-7-5-46-3-1-35/h9-16,30-32,39-44H,1-8,17,35H2. The number of aromatic nitrogens is 3. The van der Waals surface area contributed by atoms with Crippen LogP contribution in [0.1, 0.15) is 39.4 Å². The van der Waals surface area contributed by atoms with Crippen molar-refractivity contribution in [3.8, 4) is 40.2 Å². The van der Waals surface area contributed by atoms with E-state index in [4.69, 9.17) is 34.2 Å². The molecule has 17 nitrogen and oxygen atoms in total. The summed E-state index contributed by atoms with van der Waals surface area (Å²) in [4.78, 5) is 13.4. The number of phenols is 6. The highest BCUT2D eigenvalue weighted by Crippen LogP contribution is 2.51. The first-order chi connectivity index (χ1) is 24.5. The molecule has 0 amide bonds. The Kier molecular flexibility index (Phi) is 12.3. The van der Waals surface area contributed by atoms with E-state index in [1.807, 2.05) is 0 Å². The van der Waals surface area contributed by atoms with Crippen LogP contribution in [0.15, 0.2) is 48.7 Å². The van der Waals surface area contributed by atoms with Gasteiger partial charge >= 0.3 is 5.97 Å². The SMILES string of the molecule is NCCOCCOCCOCCn1cc(COC2c3c(O)cc(O)cc3OC(c3cc(O)c(O)c(O)c3)C2OC(=O)c2cc(O)cc(F)c2)nn1. The molecule has 0 bridgehead atoms. The summed E-state index contributed by atoms with van der Waals surface area (Å²) in [5, 5.41) is 69.7. The minimum Gasteiger partial charge on any atom is -0.508 e. The van der Waals surface area contributed by atoms with Gasteiger partial charge in [0.05, 0.1) is 70.1 Å². The van der Waals surface area contributed by atoms with E-state index in [1.54, 1.807) is 6.20 Å². The molecule has 1 aromatic heterocycles. The molecule has 3 unspecified atom stereocenters. The Hall–Kier alpha value is -5.40. The molecule has 18 heteroatoms. The van der Waals surface area contributed by atoms with Gasteiger partial charge < -0.3 is 64.8 Å². The third-order valence-corrected chi connectivity index (χ3v) is 7.49. The molecule has 8 N–H and O–H groups in total. The largest absolute Gasteiger partial charge is 0.508 e. The summed E-state index contributed by atoms with van der Waals surface area (Å²) < 4.78 is 49.8. The van der Waals surface area contributed by atoms with Crippen molar-refractivity contribution < 1.29 is 68.2 Å². The highest BCUT2D eigenvalue weighted by atomic mass is 19.1. The van der Waals surface area contributed by atoms with Gasteiger partial charge in [0.1, 0.15) is 40.6 Å². The van der Waals surface area contributed by atoms with Gasteiger partial charge in [-0.2, -0.15) is 0 Å². The van der Waals surface area contributed by atoms with E-state index in [0.29, 0.717) is 58.4 Å². The van der Waals surface area contributed by atoms with E-state index < -0.39 is 58.8 Å². The Morgan fingerprint density at radius 1 is 0.843 bits per heavy atom. The molecule has 1 aliphatic heterocycles. The van der Waals surface area contributed by atoms with Crippen LogP contribution in [0.25, 0.3) is 0 Å². The van der Waals surface area contributed by atoms with Gasteiger partial charge in [-0.1, -0.05) is 5.21 Å². The van der Waals surface area contributed by atoms with Gasteiger partial charge in [0, 0.05) is 30.3 Å². The molecule has 0 saturated carbocycles. The fourth-order valence-electron chi connectivity index (χ4n) is 5.21. The summed E-state index contributed by atoms with van der Waals surface area (Å²) in [5.41, 5.74) is 5.22. The number of rotatable bonds is 17. The van der Waals surface area contributed by atoms with Crippen molar-refractivity contribution in [3.05, 3.63) is 76.9 Å². The van der Waals surface area contributed by atoms with Crippen molar-refractivity contribution in [1.29, 1.82) is 0 Å². The lowest BCUT2D eigenvalue weighted by molar-refractivity contribution is -0.116. The number of hydrogen-bond donors (Lipinski definition) is 7. The summed E-state index contributed by atoms with van der Waals surface area (Å²) in [5.74, 6) is -5.92. The van der Waals surface area contributed by atoms with Crippen LogP contribution in [0.2, 0.25) is 0 Å². The maximum atomic E-state index is 14.1. The normalized spacial score (nSPS) is 16.8. The molecule has 0 saturated heterocycles. The van der Waals surface area contributed by atoms with Crippen molar-refractivity contribution in [2.75, 3.05) is 46.2 Å². The molecule has 274 valence electrons. The predicted octanol–water partition coefficient (Wildman–Crippen LogP) is 2.28. The van der Waals surface area contributed by atoms with Crippen LogP contribution < -0.4 is 10.5 Å². The average Bonchev–Trinajstić information content (AvgIpc) is 3.54. The Labute approximate surface area is 289 Å². The third-order valence-electron chi connectivity index (χ3n) is 7.49. The quantitative estimate of drug-likeness (QED) is 0.0470. The molecular weight excluding hydrogens is 679 g/mol. The molecule has 3 aromatic carbocycles. The highest BCUT2D eigenvalue weighted by molar-refractivity contribution is 5.90. The molecule has 5 rings (SSSR count). The van der Waals surface area contributed by atoms with E-state index in [1.165, 1.54) is 4.68 Å². The lowest BCUT2D eigenvalue weighted by Crippen LogP contribution is -2.39. The molecule has 4 aromatic rings. The van der Waals surface area contributed by atoms with Crippen LogP contribution >= 0.6 is 0 Å². The van der Waals surface area contributed by atoms with Crippen LogP contribution in [-0.2, 0) is 36.8 Å². The minimum absolute atomic E-state index is 0.0268. The second kappa shape index (κ2) is 17.0. The monoisotopic (exact) mass is 716 g/mol. The predicted molar refractivity (Wildman–Crippen MR) is 171 cm³/mol. The molecule has 1 aliphatic rings. The second-order valence-corrected chi connectivity index (χ2v) is 11.2. The molecule has 0 fully saturated rings. The zero-order valence-corrected chi connectivity index (χ0v) is 27.1. The van der Waals surface area contributed by atoms with Crippen molar-refractivity contribution in [2.45, 2.75) is 31.5 Å². The van der Waals surface area contributed by atoms with Gasteiger partial charge in [0.15, 0.2) is 29.5 Å². The fourth-order valence-corrected chi connectivity index (χ4v) is 5.21. The third kappa shape index (κ3) is 9.44. The summed E-state index contributed by atoms with van der Waals surface area (Å²) >= 11 is 0. The number of carbonyl (C=O) groups is 1. The molecule has 51 heavy (non-hydrogen) atoms. The van der Waals surface area contributed by atoms with Crippen LogP contribution in [0, 0.1) is 5.82 Å². The van der Waals surface area contributed by atoms with Crippen molar-refractivity contribution in [3.63, 3.8) is 0 Å². The van der Waals surface area contributed by atoms with E-state index in [2.05, 4.69) is 10.3 Å². The number of benzene rings is 3. The van der Waals surface area contributed by atoms with E-state index in [0.717, 1.165) is 42.5 Å². The number of aromatic hydroxyl groups is 6. The number of nitrogens with two attached hydrogens (primary N) is 1. The van der Waals surface area contributed by atoms with E-state index in [9.17, 15) is 39.8 Å². The van der Waals surface area contributed by atoms with Crippen molar-refractivity contribution >= 4 is 5.97 Å². The number of ether oxygens (including phenoxy) is 6. The average molecular weight is 717 g/mol. The van der Waals surface area contributed by atoms with Crippen LogP contribution in [0.5, 0.6) is 40.2 Å². The summed E-state index contributed by atoms with van der Waals surface area (Å²) in [6.07, 6.45) is -2.79. The first kappa shape index (κ1) is 36.9. The zero-order chi connectivity index (χ0) is 36.5. The first-order valence-corrected chi connectivity index (χ1v) is 15.7. The number of phenolic OH excluding ortho intramolecular Hbond substituents is 6. The molecule has 3 atom stereocenters. The van der Waals surface area contributed by atoms with Crippen LogP contribution in [0.4, 0.5) is 4.39 Å². The number of nitrogens with zero attached hydrogens (tertiary/aromatic N) is 3. The number of esters is 1. The number of halogens is 1. The van der Waals surface area contributed by atoms with E-state index >= 15 is 0 Å². The molecular formula is C33H37FN4O13. The Bertz CT molecular complexity index is 1760. The molecule has 0 spiro atoms. The molecule has 2 heterocycles. The van der Waals surface area contributed by atoms with Crippen molar-refractivity contribution in [1.82, 2.24) is 15.0 Å². The first-order valence-electron chi connectivity index (χ1n) is 15.7. The fraction of sp³-hybridized carbons (Fsp3) is 0.364. The maximum absolute atomic E-state index is 14.1. The van der Waals surface area contributed by atoms with Crippen molar-refractivity contribution in [2.24, 2.45) is 5.73 Å². The van der Waals surface area contributed by atoms with Crippen LogP contribution in [0.3, 0.4) is 0 Å². The van der Waals surface area contributed by atoms with Gasteiger partial charge in [-0.25, -0.2) is 13.9 Å². The van der Waals surface area contributed by atoms with Gasteiger partial charge in [-0.15, -0.1) is 5.10 Å². The maximum Gasteiger partial charge on any atom is 0.338 e. The summed E-state index contributed by atoms with van der Waals surface area (Å²) in [6, 6.07) is 6.84. The smallest absolute Gasteiger partial charge is 0.338 e. The van der Waals surface area contributed by atoms with Gasteiger partial charge in [0.2, 0.25) is 0 Å². The van der Waals surface area contributed by atoms with Gasteiger partial charge in [-0.05, 0) is 24.3 Å². The summed E-state index contributed by atoms with van der Waals surface area (Å²) in [6.45, 7) is 2.85. The Morgan fingerprint density at radius 2 is 1.51 bits per heavy atom. The topological polar surface area (TPSA) is 251 Å².